The third-order valence-corrected chi connectivity index (χ3v) is 2.94. The number of ether oxygens (including phenoxy) is 1. The first-order chi connectivity index (χ1) is 10.0. The first-order valence-electron chi connectivity index (χ1n) is 6.52. The Balaban J connectivity index is 2.26. The molecule has 1 N–H and O–H groups in total. The molecule has 1 aromatic carbocycles. The Morgan fingerprint density at radius 3 is 2.57 bits per heavy atom. The van der Waals surface area contributed by atoms with E-state index in [1.807, 2.05) is 6.92 Å². The van der Waals surface area contributed by atoms with Gasteiger partial charge in [0.05, 0.1) is 6.20 Å². The molecule has 0 saturated carbocycles. The summed E-state index contributed by atoms with van der Waals surface area (Å²) >= 11 is 0. The molecule has 0 aliphatic rings. The van der Waals surface area contributed by atoms with Crippen molar-refractivity contribution in [2.45, 2.75) is 20.3 Å². The molecule has 0 unspecified atom stereocenters. The molecule has 0 bridgehead atoms. The number of carbonyl (C=O) groups excluding carboxylic acids is 1. The standard InChI is InChI=1S/C16H15NO4/c1-3-14(18)13-6-5-11(9-17-13)21-15-7-4-10(2)8-12(15)16(19)20/h4-9H,3H2,1-2H3,(H,19,20). The van der Waals surface area contributed by atoms with Crippen LogP contribution in [-0.4, -0.2) is 21.8 Å². The molecule has 0 spiro atoms. The monoisotopic (exact) mass is 285 g/mol. The van der Waals surface area contributed by atoms with Crippen LogP contribution in [0.15, 0.2) is 36.5 Å². The number of pyridine rings is 1. The number of aryl methyl sites for hydroxylation is 1. The molecule has 0 amide bonds. The van der Waals surface area contributed by atoms with Gasteiger partial charge in [-0.3, -0.25) is 4.79 Å². The predicted molar refractivity (Wildman–Crippen MR) is 77.1 cm³/mol. The van der Waals surface area contributed by atoms with E-state index in [9.17, 15) is 14.7 Å². The van der Waals surface area contributed by atoms with Gasteiger partial charge in [0.1, 0.15) is 22.8 Å². The number of nitrogens with zero attached hydrogens (tertiary/aromatic N) is 1. The Hall–Kier alpha value is -2.69. The third kappa shape index (κ3) is 3.45. The maximum absolute atomic E-state index is 11.5. The number of aromatic nitrogens is 1. The van der Waals surface area contributed by atoms with E-state index in [0.29, 0.717) is 17.9 Å². The second-order valence-electron chi connectivity index (χ2n) is 4.56. The summed E-state index contributed by atoms with van der Waals surface area (Å²) in [6, 6.07) is 8.07. The maximum atomic E-state index is 11.5. The van der Waals surface area contributed by atoms with Crippen LogP contribution in [-0.2, 0) is 0 Å². The van der Waals surface area contributed by atoms with E-state index < -0.39 is 5.97 Å². The van der Waals surface area contributed by atoms with Gasteiger partial charge in [0.25, 0.3) is 0 Å². The largest absolute Gasteiger partial charge is 0.478 e. The molecule has 21 heavy (non-hydrogen) atoms. The minimum absolute atomic E-state index is 0.0527. The van der Waals surface area contributed by atoms with Crippen molar-refractivity contribution < 1.29 is 19.4 Å². The zero-order valence-electron chi connectivity index (χ0n) is 11.8. The van der Waals surface area contributed by atoms with Crippen molar-refractivity contribution in [1.82, 2.24) is 4.98 Å². The fourth-order valence-corrected chi connectivity index (χ4v) is 1.81. The summed E-state index contributed by atoms with van der Waals surface area (Å²) in [7, 11) is 0. The summed E-state index contributed by atoms with van der Waals surface area (Å²) in [5.41, 5.74) is 1.29. The Morgan fingerprint density at radius 1 is 1.24 bits per heavy atom. The molecule has 0 atom stereocenters. The fraction of sp³-hybridized carbons (Fsp3) is 0.188. The van der Waals surface area contributed by atoms with E-state index in [1.54, 1.807) is 37.3 Å². The van der Waals surface area contributed by atoms with Crippen LogP contribution >= 0.6 is 0 Å². The Labute approximate surface area is 122 Å². The molecular weight excluding hydrogens is 270 g/mol. The molecule has 2 rings (SSSR count). The van der Waals surface area contributed by atoms with Gasteiger partial charge in [-0.25, -0.2) is 9.78 Å². The zero-order valence-corrected chi connectivity index (χ0v) is 11.8. The van der Waals surface area contributed by atoms with Gasteiger partial charge in [0.15, 0.2) is 5.78 Å². The van der Waals surface area contributed by atoms with Crippen LogP contribution in [0, 0.1) is 6.92 Å². The summed E-state index contributed by atoms with van der Waals surface area (Å²) < 4.78 is 5.54. The summed E-state index contributed by atoms with van der Waals surface area (Å²) in [6.45, 7) is 3.57. The lowest BCUT2D eigenvalue weighted by Gasteiger charge is -2.09. The van der Waals surface area contributed by atoms with E-state index in [1.165, 1.54) is 6.20 Å². The number of carboxylic acids is 1. The molecule has 5 nitrogen and oxygen atoms in total. The van der Waals surface area contributed by atoms with E-state index in [4.69, 9.17) is 4.74 Å². The highest BCUT2D eigenvalue weighted by Gasteiger charge is 2.13. The molecule has 0 fully saturated rings. The van der Waals surface area contributed by atoms with Crippen molar-refractivity contribution in [2.75, 3.05) is 0 Å². The molecule has 108 valence electrons. The van der Waals surface area contributed by atoms with Crippen molar-refractivity contribution in [3.63, 3.8) is 0 Å². The quantitative estimate of drug-likeness (QED) is 0.851. The van der Waals surface area contributed by atoms with Crippen molar-refractivity contribution in [2.24, 2.45) is 0 Å². The molecule has 0 aliphatic heterocycles. The van der Waals surface area contributed by atoms with Crippen LogP contribution < -0.4 is 4.74 Å². The third-order valence-electron chi connectivity index (χ3n) is 2.94. The van der Waals surface area contributed by atoms with Crippen molar-refractivity contribution in [3.05, 3.63) is 53.3 Å². The average molecular weight is 285 g/mol. The Kier molecular flexibility index (Phi) is 4.33. The molecule has 0 aliphatic carbocycles. The highest BCUT2D eigenvalue weighted by molar-refractivity contribution is 5.94. The van der Waals surface area contributed by atoms with Gasteiger partial charge in [-0.2, -0.15) is 0 Å². The topological polar surface area (TPSA) is 76.5 Å². The number of ketones is 1. The maximum Gasteiger partial charge on any atom is 0.339 e. The van der Waals surface area contributed by atoms with Crippen LogP contribution in [0.4, 0.5) is 0 Å². The van der Waals surface area contributed by atoms with Crippen LogP contribution in [0.1, 0.15) is 39.8 Å². The molecule has 1 heterocycles. The van der Waals surface area contributed by atoms with Gasteiger partial charge in [0, 0.05) is 6.42 Å². The van der Waals surface area contributed by atoms with Gasteiger partial charge >= 0.3 is 5.97 Å². The normalized spacial score (nSPS) is 10.2. The van der Waals surface area contributed by atoms with E-state index in [0.717, 1.165) is 5.56 Å². The number of aromatic carboxylic acids is 1. The van der Waals surface area contributed by atoms with Crippen LogP contribution in [0.5, 0.6) is 11.5 Å². The second kappa shape index (κ2) is 6.17. The van der Waals surface area contributed by atoms with Gasteiger partial charge in [-0.05, 0) is 31.2 Å². The molecule has 2 aromatic rings. The Morgan fingerprint density at radius 2 is 2.00 bits per heavy atom. The van der Waals surface area contributed by atoms with E-state index in [2.05, 4.69) is 4.98 Å². The van der Waals surface area contributed by atoms with E-state index >= 15 is 0 Å². The van der Waals surface area contributed by atoms with Crippen molar-refractivity contribution in [3.8, 4) is 11.5 Å². The SMILES string of the molecule is CCC(=O)c1ccc(Oc2ccc(C)cc2C(=O)O)cn1. The molecule has 5 heteroatoms. The molecule has 0 radical (unpaired) electrons. The van der Waals surface area contributed by atoms with Gasteiger partial charge < -0.3 is 9.84 Å². The predicted octanol–water partition coefficient (Wildman–Crippen LogP) is 3.47. The fourth-order valence-electron chi connectivity index (χ4n) is 1.81. The molecular formula is C16H15NO4. The number of carbonyl (C=O) groups is 2. The first-order valence-corrected chi connectivity index (χ1v) is 6.52. The minimum atomic E-state index is -1.06. The van der Waals surface area contributed by atoms with Gasteiger partial charge in [-0.15, -0.1) is 0 Å². The van der Waals surface area contributed by atoms with Gasteiger partial charge in [0.2, 0.25) is 0 Å². The van der Waals surface area contributed by atoms with Crippen molar-refractivity contribution in [1.29, 1.82) is 0 Å². The first kappa shape index (κ1) is 14.7. The Bertz CT molecular complexity index is 677. The summed E-state index contributed by atoms with van der Waals surface area (Å²) in [5.74, 6) is -0.485. The number of hydrogen-bond donors (Lipinski definition) is 1. The molecule has 0 saturated heterocycles. The lowest BCUT2D eigenvalue weighted by molar-refractivity contribution is 0.0694. The van der Waals surface area contributed by atoms with Gasteiger partial charge in [-0.1, -0.05) is 18.6 Å². The minimum Gasteiger partial charge on any atom is -0.478 e. The summed E-state index contributed by atoms with van der Waals surface area (Å²) in [4.78, 5) is 26.7. The number of rotatable bonds is 5. The summed E-state index contributed by atoms with van der Waals surface area (Å²) in [6.07, 6.45) is 1.79. The number of carboxylic acid groups (broad SMARTS) is 1. The number of benzene rings is 1. The smallest absolute Gasteiger partial charge is 0.339 e. The zero-order chi connectivity index (χ0) is 15.4. The van der Waals surface area contributed by atoms with Crippen LogP contribution in [0.3, 0.4) is 0 Å². The van der Waals surface area contributed by atoms with Crippen LogP contribution in [0.25, 0.3) is 0 Å². The van der Waals surface area contributed by atoms with Crippen molar-refractivity contribution >= 4 is 11.8 Å². The lowest BCUT2D eigenvalue weighted by Crippen LogP contribution is -2.02. The average Bonchev–Trinajstić information content (AvgIpc) is 2.49. The highest BCUT2D eigenvalue weighted by atomic mass is 16.5. The second-order valence-corrected chi connectivity index (χ2v) is 4.56. The highest BCUT2D eigenvalue weighted by Crippen LogP contribution is 2.26. The van der Waals surface area contributed by atoms with Crippen LogP contribution in [0.2, 0.25) is 0 Å². The number of hydrogen-bond acceptors (Lipinski definition) is 4. The van der Waals surface area contributed by atoms with E-state index in [-0.39, 0.29) is 17.1 Å². The number of Topliss-reactive ketones (excluding diaryl/α,β-unsaturated/α-hetero) is 1. The lowest BCUT2D eigenvalue weighted by atomic mass is 10.1. The molecule has 1 aromatic heterocycles. The summed E-state index contributed by atoms with van der Waals surface area (Å²) in [5, 5.41) is 9.18.